The van der Waals surface area contributed by atoms with E-state index in [9.17, 15) is 0 Å². The van der Waals surface area contributed by atoms with E-state index in [1.54, 1.807) is 0 Å². The average molecular weight is 235 g/mol. The molecule has 0 saturated carbocycles. The molecular weight excluding hydrogens is 210 g/mol. The first kappa shape index (κ1) is 10.8. The fraction of sp³-hybridized carbons (Fsp3) is 1.00. The number of hydrogen-bond donors (Lipinski definition) is 0. The van der Waals surface area contributed by atoms with Crippen LogP contribution < -0.4 is 0 Å². The van der Waals surface area contributed by atoms with E-state index in [1.807, 2.05) is 0 Å². The van der Waals surface area contributed by atoms with Gasteiger partial charge in [-0.25, -0.2) is 0 Å². The van der Waals surface area contributed by atoms with Gasteiger partial charge in [0.25, 0.3) is 0 Å². The van der Waals surface area contributed by atoms with Gasteiger partial charge < -0.3 is 4.90 Å². The lowest BCUT2D eigenvalue weighted by Gasteiger charge is -2.28. The largest absolute Gasteiger partial charge is 0.306 e. The van der Waals surface area contributed by atoms with Crippen LogP contribution in [0.15, 0.2) is 0 Å². The lowest BCUT2D eigenvalue weighted by atomic mass is 10.0. The van der Waals surface area contributed by atoms with E-state index in [2.05, 4.69) is 21.7 Å². The molecule has 17 heavy (non-hydrogen) atoms. The second-order valence-corrected chi connectivity index (χ2v) is 6.90. The van der Waals surface area contributed by atoms with Gasteiger partial charge in [-0.2, -0.15) is 0 Å². The van der Waals surface area contributed by atoms with Crippen molar-refractivity contribution in [3.05, 3.63) is 0 Å². The molecule has 3 heteroatoms. The molecule has 0 spiro atoms. The van der Waals surface area contributed by atoms with Gasteiger partial charge in [-0.1, -0.05) is 0 Å². The standard InChI is InChI=1S/C14H25N3/c1-15-6-11-8-16(9-12(11)7-15)10-17-13-2-3-14(17)5-4-13/h11-14H,2-10H2,1H3. The molecular formula is C14H25N3. The molecule has 96 valence electrons. The van der Waals surface area contributed by atoms with Gasteiger partial charge in [-0.05, 0) is 44.6 Å². The zero-order chi connectivity index (χ0) is 11.4. The average Bonchev–Trinajstić information content (AvgIpc) is 3.00. The Morgan fingerprint density at radius 3 is 1.88 bits per heavy atom. The number of rotatable bonds is 2. The van der Waals surface area contributed by atoms with Crippen LogP contribution in [0, 0.1) is 11.8 Å². The molecule has 0 aromatic rings. The molecule has 4 rings (SSSR count). The molecule has 0 aliphatic carbocycles. The molecule has 2 bridgehead atoms. The van der Waals surface area contributed by atoms with Crippen LogP contribution >= 0.6 is 0 Å². The van der Waals surface area contributed by atoms with Crippen molar-refractivity contribution in [2.75, 3.05) is 39.9 Å². The summed E-state index contributed by atoms with van der Waals surface area (Å²) < 4.78 is 0. The lowest BCUT2D eigenvalue weighted by Crippen LogP contribution is -2.40. The van der Waals surface area contributed by atoms with Crippen LogP contribution in [-0.4, -0.2) is 66.7 Å². The van der Waals surface area contributed by atoms with Crippen molar-refractivity contribution in [3.8, 4) is 0 Å². The summed E-state index contributed by atoms with van der Waals surface area (Å²) in [7, 11) is 2.28. The molecule has 2 atom stereocenters. The smallest absolute Gasteiger partial charge is 0.0511 e. The molecule has 0 amide bonds. The fourth-order valence-electron chi connectivity index (χ4n) is 4.92. The summed E-state index contributed by atoms with van der Waals surface area (Å²) in [5, 5.41) is 0. The molecule has 4 heterocycles. The monoisotopic (exact) mass is 235 g/mol. The van der Waals surface area contributed by atoms with Gasteiger partial charge in [0, 0.05) is 38.3 Å². The third kappa shape index (κ3) is 1.74. The van der Waals surface area contributed by atoms with Crippen molar-refractivity contribution >= 4 is 0 Å². The van der Waals surface area contributed by atoms with Crippen molar-refractivity contribution in [2.45, 2.75) is 37.8 Å². The van der Waals surface area contributed by atoms with Crippen LogP contribution in [0.5, 0.6) is 0 Å². The number of likely N-dealkylation sites (tertiary alicyclic amines) is 2. The molecule has 4 saturated heterocycles. The van der Waals surface area contributed by atoms with Crippen molar-refractivity contribution < 1.29 is 0 Å². The minimum absolute atomic E-state index is 0.947. The van der Waals surface area contributed by atoms with Gasteiger partial charge in [-0.15, -0.1) is 0 Å². The highest BCUT2D eigenvalue weighted by Gasteiger charge is 2.43. The zero-order valence-electron chi connectivity index (χ0n) is 11.0. The highest BCUT2D eigenvalue weighted by Crippen LogP contribution is 2.38. The van der Waals surface area contributed by atoms with Crippen LogP contribution in [0.25, 0.3) is 0 Å². The van der Waals surface area contributed by atoms with E-state index in [-0.39, 0.29) is 0 Å². The second-order valence-electron chi connectivity index (χ2n) is 6.90. The maximum atomic E-state index is 2.82. The zero-order valence-corrected chi connectivity index (χ0v) is 11.0. The second kappa shape index (κ2) is 3.94. The number of fused-ring (bicyclic) bond motifs is 3. The first-order valence-electron chi connectivity index (χ1n) is 7.46. The van der Waals surface area contributed by atoms with E-state index < -0.39 is 0 Å². The molecule has 3 nitrogen and oxygen atoms in total. The minimum Gasteiger partial charge on any atom is -0.306 e. The summed E-state index contributed by atoms with van der Waals surface area (Å²) in [4.78, 5) is 8.09. The third-order valence-electron chi connectivity index (χ3n) is 5.71. The van der Waals surface area contributed by atoms with Gasteiger partial charge in [0.2, 0.25) is 0 Å². The van der Waals surface area contributed by atoms with Gasteiger partial charge >= 0.3 is 0 Å². The predicted molar refractivity (Wildman–Crippen MR) is 68.8 cm³/mol. The Kier molecular flexibility index (Phi) is 2.50. The predicted octanol–water partition coefficient (Wildman–Crippen LogP) is 1.06. The Morgan fingerprint density at radius 2 is 1.35 bits per heavy atom. The summed E-state index contributed by atoms with van der Waals surface area (Å²) in [5.74, 6) is 1.94. The Morgan fingerprint density at radius 1 is 0.824 bits per heavy atom. The van der Waals surface area contributed by atoms with Crippen LogP contribution in [0.4, 0.5) is 0 Å². The van der Waals surface area contributed by atoms with Crippen LogP contribution in [0.3, 0.4) is 0 Å². The Hall–Kier alpha value is -0.120. The molecule has 4 fully saturated rings. The molecule has 2 unspecified atom stereocenters. The first-order valence-corrected chi connectivity index (χ1v) is 7.46. The van der Waals surface area contributed by atoms with Crippen LogP contribution in [0.1, 0.15) is 25.7 Å². The minimum atomic E-state index is 0.947. The quantitative estimate of drug-likeness (QED) is 0.709. The van der Waals surface area contributed by atoms with E-state index >= 15 is 0 Å². The topological polar surface area (TPSA) is 9.72 Å². The summed E-state index contributed by atoms with van der Waals surface area (Å²) in [6, 6.07) is 1.89. The van der Waals surface area contributed by atoms with Gasteiger partial charge in [-0.3, -0.25) is 9.80 Å². The lowest BCUT2D eigenvalue weighted by molar-refractivity contribution is 0.127. The number of hydrogen-bond acceptors (Lipinski definition) is 3. The molecule has 4 aliphatic rings. The van der Waals surface area contributed by atoms with Gasteiger partial charge in [0.15, 0.2) is 0 Å². The highest BCUT2D eigenvalue weighted by atomic mass is 15.4. The SMILES string of the molecule is CN1CC2CN(CN3C4CCC3CC4)CC2C1. The normalized spacial score (nSPS) is 47.1. The van der Waals surface area contributed by atoms with Gasteiger partial charge in [0.05, 0.1) is 6.67 Å². The van der Waals surface area contributed by atoms with Crippen molar-refractivity contribution in [2.24, 2.45) is 11.8 Å². The number of nitrogens with zero attached hydrogens (tertiary/aromatic N) is 3. The fourth-order valence-corrected chi connectivity index (χ4v) is 4.92. The molecule has 0 radical (unpaired) electrons. The van der Waals surface area contributed by atoms with E-state index in [4.69, 9.17) is 0 Å². The van der Waals surface area contributed by atoms with Crippen LogP contribution in [-0.2, 0) is 0 Å². The molecule has 0 aromatic carbocycles. The van der Waals surface area contributed by atoms with Crippen molar-refractivity contribution in [3.63, 3.8) is 0 Å². The Balaban J connectivity index is 1.36. The first-order chi connectivity index (χ1) is 8.29. The summed E-state index contributed by atoms with van der Waals surface area (Å²) >= 11 is 0. The summed E-state index contributed by atoms with van der Waals surface area (Å²) in [5.41, 5.74) is 0. The van der Waals surface area contributed by atoms with Crippen molar-refractivity contribution in [1.82, 2.24) is 14.7 Å². The molecule has 4 aliphatic heterocycles. The van der Waals surface area contributed by atoms with Crippen LogP contribution in [0.2, 0.25) is 0 Å². The summed E-state index contributed by atoms with van der Waals surface area (Å²) in [6.07, 6.45) is 5.92. The highest BCUT2D eigenvalue weighted by molar-refractivity contribution is 4.97. The Labute approximate surface area is 105 Å². The van der Waals surface area contributed by atoms with E-state index in [0.717, 1.165) is 23.9 Å². The van der Waals surface area contributed by atoms with Gasteiger partial charge in [0.1, 0.15) is 0 Å². The Bertz CT molecular complexity index is 272. The van der Waals surface area contributed by atoms with E-state index in [1.165, 1.54) is 58.5 Å². The maximum absolute atomic E-state index is 2.82. The summed E-state index contributed by atoms with van der Waals surface area (Å²) in [6.45, 7) is 6.70. The van der Waals surface area contributed by atoms with E-state index in [0.29, 0.717) is 0 Å². The maximum Gasteiger partial charge on any atom is 0.0511 e. The molecule has 0 N–H and O–H groups in total. The van der Waals surface area contributed by atoms with Crippen molar-refractivity contribution in [1.29, 1.82) is 0 Å². The third-order valence-corrected chi connectivity index (χ3v) is 5.71. The molecule has 0 aromatic heterocycles.